The van der Waals surface area contributed by atoms with E-state index in [4.69, 9.17) is 0 Å². The van der Waals surface area contributed by atoms with Crippen molar-refractivity contribution in [1.29, 1.82) is 0 Å². The van der Waals surface area contributed by atoms with Gasteiger partial charge < -0.3 is 20.3 Å². The van der Waals surface area contributed by atoms with E-state index < -0.39 is 12.8 Å². The number of alkyl halides is 3. The second-order valence-electron chi connectivity index (χ2n) is 7.55. The highest BCUT2D eigenvalue weighted by molar-refractivity contribution is 14.0. The van der Waals surface area contributed by atoms with Gasteiger partial charge >= 0.3 is 6.18 Å². The third kappa shape index (κ3) is 10.8. The van der Waals surface area contributed by atoms with Gasteiger partial charge in [-0.2, -0.15) is 13.2 Å². The maximum Gasteiger partial charge on any atom is 0.411 e. The van der Waals surface area contributed by atoms with Crippen LogP contribution in [0.5, 0.6) is 0 Å². The molecule has 1 fully saturated rings. The normalized spacial score (nSPS) is 17.2. The van der Waals surface area contributed by atoms with Crippen LogP contribution < -0.4 is 10.6 Å². The molecule has 31 heavy (non-hydrogen) atoms. The first kappa shape index (κ1) is 27.9. The molecule has 0 aromatic heterocycles. The molecule has 0 bridgehead atoms. The zero-order valence-corrected chi connectivity index (χ0v) is 20.9. The number of nitrogens with one attached hydrogen (secondary N) is 2. The Morgan fingerprint density at radius 1 is 1.10 bits per heavy atom. The first-order valence-corrected chi connectivity index (χ1v) is 10.4. The van der Waals surface area contributed by atoms with Gasteiger partial charge in [-0.05, 0) is 24.6 Å². The first-order valence-electron chi connectivity index (χ1n) is 10.4. The number of aliphatic imine (C=N–C) groups is 1. The lowest BCUT2D eigenvalue weighted by molar-refractivity contribution is -0.176. The number of rotatable bonds is 9. The first-order chi connectivity index (χ1) is 14.3. The molecule has 10 heteroatoms. The Morgan fingerprint density at radius 2 is 1.71 bits per heavy atom. The van der Waals surface area contributed by atoms with E-state index in [1.54, 1.807) is 19.2 Å². The summed E-state index contributed by atoms with van der Waals surface area (Å²) in [5.41, 5.74) is 1.73. The van der Waals surface area contributed by atoms with Crippen molar-refractivity contribution in [2.45, 2.75) is 39.2 Å². The predicted molar refractivity (Wildman–Crippen MR) is 129 cm³/mol. The summed E-state index contributed by atoms with van der Waals surface area (Å²) in [6.45, 7) is 10.0. The second kappa shape index (κ2) is 14.1. The monoisotopic (exact) mass is 557 g/mol. The molecular weight excluding hydrogens is 522 g/mol. The lowest BCUT2D eigenvalue weighted by Gasteiger charge is -2.37. The summed E-state index contributed by atoms with van der Waals surface area (Å²) in [6, 6.07) is 7.73. The van der Waals surface area contributed by atoms with Crippen molar-refractivity contribution in [3.63, 3.8) is 0 Å². The van der Waals surface area contributed by atoms with Crippen LogP contribution in [0, 0.1) is 0 Å². The van der Waals surface area contributed by atoms with Crippen molar-refractivity contribution in [2.75, 3.05) is 52.9 Å². The van der Waals surface area contributed by atoms with Crippen LogP contribution in [0.4, 0.5) is 13.2 Å². The SMILES string of the molecule is CCN1CCN(C(C)CNC(=NC)NCc2ccc(COCC(F)(F)F)cc2)CC1.I. The van der Waals surface area contributed by atoms with Crippen molar-refractivity contribution in [3.05, 3.63) is 35.4 Å². The molecule has 0 radical (unpaired) electrons. The summed E-state index contributed by atoms with van der Waals surface area (Å²) in [6.07, 6.45) is -4.30. The molecule has 1 heterocycles. The number of piperazine rings is 1. The van der Waals surface area contributed by atoms with E-state index >= 15 is 0 Å². The molecule has 0 saturated carbocycles. The zero-order valence-electron chi connectivity index (χ0n) is 18.5. The van der Waals surface area contributed by atoms with Gasteiger partial charge in [0.25, 0.3) is 0 Å². The number of ether oxygens (including phenoxy) is 1. The number of benzene rings is 1. The van der Waals surface area contributed by atoms with Crippen molar-refractivity contribution in [2.24, 2.45) is 4.99 Å². The number of hydrogen-bond acceptors (Lipinski definition) is 4. The van der Waals surface area contributed by atoms with Crippen LogP contribution in [0.3, 0.4) is 0 Å². The molecule has 0 aliphatic carbocycles. The fourth-order valence-corrected chi connectivity index (χ4v) is 3.34. The number of halogens is 4. The van der Waals surface area contributed by atoms with E-state index in [-0.39, 0.29) is 30.6 Å². The Morgan fingerprint density at radius 3 is 2.26 bits per heavy atom. The van der Waals surface area contributed by atoms with E-state index in [2.05, 4.69) is 44.0 Å². The molecule has 1 atom stereocenters. The number of nitrogens with zero attached hydrogens (tertiary/aromatic N) is 3. The molecule has 178 valence electrons. The highest BCUT2D eigenvalue weighted by Crippen LogP contribution is 2.15. The minimum atomic E-state index is -4.30. The quantitative estimate of drug-likeness (QED) is 0.278. The molecule has 2 rings (SSSR count). The Kier molecular flexibility index (Phi) is 12.7. The van der Waals surface area contributed by atoms with Gasteiger partial charge in [-0.3, -0.25) is 9.89 Å². The van der Waals surface area contributed by atoms with E-state index in [0.29, 0.717) is 18.2 Å². The molecule has 1 unspecified atom stereocenters. The largest absolute Gasteiger partial charge is 0.411 e. The van der Waals surface area contributed by atoms with Gasteiger partial charge in [0.2, 0.25) is 0 Å². The lowest BCUT2D eigenvalue weighted by atomic mass is 10.1. The molecule has 0 spiro atoms. The van der Waals surface area contributed by atoms with E-state index in [1.807, 2.05) is 12.1 Å². The van der Waals surface area contributed by atoms with Crippen molar-refractivity contribution >= 4 is 29.9 Å². The molecule has 2 N–H and O–H groups in total. The Balaban J connectivity index is 0.00000480. The number of hydrogen-bond donors (Lipinski definition) is 2. The van der Waals surface area contributed by atoms with Gasteiger partial charge in [0.1, 0.15) is 6.61 Å². The maximum absolute atomic E-state index is 12.1. The van der Waals surface area contributed by atoms with Gasteiger partial charge in [-0.25, -0.2) is 0 Å². The van der Waals surface area contributed by atoms with Crippen molar-refractivity contribution < 1.29 is 17.9 Å². The van der Waals surface area contributed by atoms with Crippen molar-refractivity contribution in [3.8, 4) is 0 Å². The molecule has 0 amide bonds. The molecule has 1 aromatic carbocycles. The Hall–Kier alpha value is -1.11. The average molecular weight is 557 g/mol. The molecule has 1 saturated heterocycles. The van der Waals surface area contributed by atoms with Gasteiger partial charge in [0.05, 0.1) is 6.61 Å². The van der Waals surface area contributed by atoms with Crippen LogP contribution >= 0.6 is 24.0 Å². The number of likely N-dealkylation sites (N-methyl/N-ethyl adjacent to an activating group) is 1. The minimum Gasteiger partial charge on any atom is -0.367 e. The topological polar surface area (TPSA) is 52.1 Å². The molecule has 1 aliphatic heterocycles. The van der Waals surface area contributed by atoms with Crippen LogP contribution in [0.2, 0.25) is 0 Å². The lowest BCUT2D eigenvalue weighted by Crippen LogP contribution is -2.53. The summed E-state index contributed by atoms with van der Waals surface area (Å²) in [5, 5.41) is 6.65. The fourth-order valence-electron chi connectivity index (χ4n) is 3.34. The van der Waals surface area contributed by atoms with Gasteiger partial charge in [0, 0.05) is 52.4 Å². The molecule has 6 nitrogen and oxygen atoms in total. The maximum atomic E-state index is 12.1. The molecular formula is C21H35F3IN5O. The highest BCUT2D eigenvalue weighted by atomic mass is 127. The van der Waals surface area contributed by atoms with Crippen LogP contribution in [0.15, 0.2) is 29.3 Å². The summed E-state index contributed by atoms with van der Waals surface area (Å²) in [4.78, 5) is 9.22. The van der Waals surface area contributed by atoms with Gasteiger partial charge in [0.15, 0.2) is 5.96 Å². The van der Waals surface area contributed by atoms with E-state index in [9.17, 15) is 13.2 Å². The summed E-state index contributed by atoms with van der Waals surface area (Å²) >= 11 is 0. The average Bonchev–Trinajstić information content (AvgIpc) is 2.74. The second-order valence-corrected chi connectivity index (χ2v) is 7.55. The Labute approximate surface area is 200 Å². The summed E-state index contributed by atoms with van der Waals surface area (Å²) < 4.78 is 41.1. The van der Waals surface area contributed by atoms with E-state index in [0.717, 1.165) is 50.8 Å². The Bertz CT molecular complexity index is 649. The fraction of sp³-hybridized carbons (Fsp3) is 0.667. The standard InChI is InChI=1S/C21H34F3N5O.HI/c1-4-28-9-11-29(12-10-28)17(2)13-26-20(25-3)27-14-18-5-7-19(8-6-18)15-30-16-21(22,23)24;/h5-8,17H,4,9-16H2,1-3H3,(H2,25,26,27);1H. The summed E-state index contributed by atoms with van der Waals surface area (Å²) in [7, 11) is 1.74. The minimum absolute atomic E-state index is 0. The predicted octanol–water partition coefficient (Wildman–Crippen LogP) is 3.07. The molecule has 1 aliphatic rings. The third-order valence-corrected chi connectivity index (χ3v) is 5.28. The highest BCUT2D eigenvalue weighted by Gasteiger charge is 2.27. The van der Waals surface area contributed by atoms with Crippen molar-refractivity contribution in [1.82, 2.24) is 20.4 Å². The smallest absolute Gasteiger partial charge is 0.367 e. The van der Waals surface area contributed by atoms with Gasteiger partial charge in [-0.15, -0.1) is 24.0 Å². The van der Waals surface area contributed by atoms with Crippen LogP contribution in [0.25, 0.3) is 0 Å². The third-order valence-electron chi connectivity index (χ3n) is 5.28. The molecule has 1 aromatic rings. The zero-order chi connectivity index (χ0) is 22.0. The van der Waals surface area contributed by atoms with Gasteiger partial charge in [-0.1, -0.05) is 31.2 Å². The van der Waals surface area contributed by atoms with Crippen LogP contribution in [-0.2, 0) is 17.9 Å². The summed E-state index contributed by atoms with van der Waals surface area (Å²) in [5.74, 6) is 0.728. The van der Waals surface area contributed by atoms with Crippen LogP contribution in [-0.4, -0.2) is 80.9 Å². The van der Waals surface area contributed by atoms with Crippen LogP contribution in [0.1, 0.15) is 25.0 Å². The number of guanidine groups is 1. The van der Waals surface area contributed by atoms with E-state index in [1.165, 1.54) is 0 Å².